The van der Waals surface area contributed by atoms with Gasteiger partial charge in [0.05, 0.1) is 23.6 Å². The fraction of sp³-hybridized carbons (Fsp3) is 0.273. The van der Waals surface area contributed by atoms with E-state index in [1.165, 1.54) is 11.3 Å². The van der Waals surface area contributed by atoms with Gasteiger partial charge in [0.1, 0.15) is 16.5 Å². The highest BCUT2D eigenvalue weighted by Crippen LogP contribution is 2.28. The summed E-state index contributed by atoms with van der Waals surface area (Å²) in [6, 6.07) is 9.70. The molecule has 0 aliphatic carbocycles. The van der Waals surface area contributed by atoms with E-state index in [0.29, 0.717) is 15.8 Å². The molecule has 0 saturated heterocycles. The van der Waals surface area contributed by atoms with E-state index in [-0.39, 0.29) is 5.91 Å². The molecule has 10 heteroatoms. The zero-order valence-electron chi connectivity index (χ0n) is 18.5. The van der Waals surface area contributed by atoms with Crippen molar-refractivity contribution >= 4 is 50.6 Å². The standard InChI is InChI=1S/C22H26N8OS/c1-14-8-9-16-15(12-24-28-16)20(14)27-21(31)17-13-23-22(32-17)26-18-6-5-7-19(25-18)30(4)11-10-29(2)3/h5-9,12-13H,10-11H2,1-4H3,(H,24,28)(H,27,31)(H,23,25,26). The van der Waals surface area contributed by atoms with E-state index in [9.17, 15) is 4.79 Å². The predicted octanol–water partition coefficient (Wildman–Crippen LogP) is 3.72. The second-order valence-corrected chi connectivity index (χ2v) is 8.83. The molecule has 166 valence electrons. The molecule has 0 fully saturated rings. The topological polar surface area (TPSA) is 102 Å². The molecule has 0 aliphatic heterocycles. The number of nitrogens with one attached hydrogen (secondary N) is 3. The van der Waals surface area contributed by atoms with Gasteiger partial charge in [-0.3, -0.25) is 9.89 Å². The van der Waals surface area contributed by atoms with Crippen molar-refractivity contribution in [2.45, 2.75) is 6.92 Å². The lowest BCUT2D eigenvalue weighted by atomic mass is 10.1. The Labute approximate surface area is 190 Å². The number of thiazole rings is 1. The molecule has 0 aliphatic rings. The van der Waals surface area contributed by atoms with Gasteiger partial charge >= 0.3 is 0 Å². The molecule has 32 heavy (non-hydrogen) atoms. The lowest BCUT2D eigenvalue weighted by Crippen LogP contribution is -2.29. The van der Waals surface area contributed by atoms with Crippen LogP contribution >= 0.6 is 11.3 Å². The van der Waals surface area contributed by atoms with Crippen molar-refractivity contribution in [2.24, 2.45) is 0 Å². The molecule has 4 aromatic rings. The van der Waals surface area contributed by atoms with Crippen LogP contribution in [-0.4, -0.2) is 65.2 Å². The molecule has 0 spiro atoms. The van der Waals surface area contributed by atoms with Crippen molar-refractivity contribution in [2.75, 3.05) is 49.8 Å². The van der Waals surface area contributed by atoms with Crippen LogP contribution < -0.4 is 15.5 Å². The third-order valence-electron chi connectivity index (χ3n) is 5.04. The number of aromatic amines is 1. The predicted molar refractivity (Wildman–Crippen MR) is 130 cm³/mol. The Hall–Kier alpha value is -3.50. The number of amides is 1. The second-order valence-electron chi connectivity index (χ2n) is 7.80. The number of fused-ring (bicyclic) bond motifs is 1. The molecule has 3 heterocycles. The van der Waals surface area contributed by atoms with Crippen LogP contribution in [0.4, 0.5) is 22.5 Å². The van der Waals surface area contributed by atoms with Gasteiger partial charge in [-0.2, -0.15) is 5.10 Å². The first kappa shape index (κ1) is 21.7. The number of nitrogens with zero attached hydrogens (tertiary/aromatic N) is 5. The number of carbonyl (C=O) groups is 1. The summed E-state index contributed by atoms with van der Waals surface area (Å²) in [7, 11) is 6.11. The third kappa shape index (κ3) is 4.87. The molecule has 0 radical (unpaired) electrons. The third-order valence-corrected chi connectivity index (χ3v) is 5.96. The van der Waals surface area contributed by atoms with Crippen LogP contribution in [0, 0.1) is 6.92 Å². The minimum atomic E-state index is -0.211. The molecule has 3 aromatic heterocycles. The summed E-state index contributed by atoms with van der Waals surface area (Å²) >= 11 is 1.28. The molecular formula is C22H26N8OS. The number of carbonyl (C=O) groups excluding carboxylic acids is 1. The highest BCUT2D eigenvalue weighted by molar-refractivity contribution is 7.17. The highest BCUT2D eigenvalue weighted by atomic mass is 32.1. The van der Waals surface area contributed by atoms with E-state index in [4.69, 9.17) is 0 Å². The van der Waals surface area contributed by atoms with Crippen LogP contribution in [0.2, 0.25) is 0 Å². The van der Waals surface area contributed by atoms with E-state index < -0.39 is 0 Å². The number of likely N-dealkylation sites (N-methyl/N-ethyl adjacent to an activating group) is 2. The van der Waals surface area contributed by atoms with Gasteiger partial charge in [0.25, 0.3) is 5.91 Å². The van der Waals surface area contributed by atoms with Crippen molar-refractivity contribution in [1.82, 2.24) is 25.1 Å². The Balaban J connectivity index is 1.45. The maximum atomic E-state index is 12.8. The first-order chi connectivity index (χ1) is 15.4. The van der Waals surface area contributed by atoms with Crippen molar-refractivity contribution in [3.8, 4) is 0 Å². The maximum Gasteiger partial charge on any atom is 0.267 e. The fourth-order valence-electron chi connectivity index (χ4n) is 3.18. The average molecular weight is 451 g/mol. The number of aryl methyl sites for hydroxylation is 1. The van der Waals surface area contributed by atoms with E-state index in [1.807, 2.05) is 58.4 Å². The number of anilines is 4. The SMILES string of the molecule is Cc1ccc2[nH]ncc2c1NC(=O)c1cnc(Nc2cccc(N(C)CCN(C)C)n2)s1. The molecule has 0 bridgehead atoms. The maximum absolute atomic E-state index is 12.8. The van der Waals surface area contributed by atoms with Gasteiger partial charge in [0.15, 0.2) is 5.13 Å². The van der Waals surface area contributed by atoms with Crippen molar-refractivity contribution < 1.29 is 4.79 Å². The van der Waals surface area contributed by atoms with Crippen molar-refractivity contribution in [3.63, 3.8) is 0 Å². The van der Waals surface area contributed by atoms with Gasteiger partial charge in [-0.15, -0.1) is 0 Å². The number of hydrogen-bond acceptors (Lipinski definition) is 8. The van der Waals surface area contributed by atoms with Gasteiger partial charge < -0.3 is 20.4 Å². The van der Waals surface area contributed by atoms with Crippen LogP contribution in [0.25, 0.3) is 10.9 Å². The fourth-order valence-corrected chi connectivity index (χ4v) is 3.90. The van der Waals surface area contributed by atoms with Gasteiger partial charge in [-0.25, -0.2) is 9.97 Å². The average Bonchev–Trinajstić information content (AvgIpc) is 3.44. The van der Waals surface area contributed by atoms with Crippen molar-refractivity contribution in [3.05, 3.63) is 53.2 Å². The van der Waals surface area contributed by atoms with Gasteiger partial charge in [-0.05, 0) is 44.8 Å². The van der Waals surface area contributed by atoms with Crippen LogP contribution in [0.5, 0.6) is 0 Å². The van der Waals surface area contributed by atoms with E-state index in [0.717, 1.165) is 41.1 Å². The number of pyridine rings is 1. The zero-order valence-corrected chi connectivity index (χ0v) is 19.3. The molecule has 0 saturated carbocycles. The van der Waals surface area contributed by atoms with Gasteiger partial charge in [0.2, 0.25) is 0 Å². The monoisotopic (exact) mass is 450 g/mol. The van der Waals surface area contributed by atoms with Crippen LogP contribution in [0.1, 0.15) is 15.2 Å². The summed E-state index contributed by atoms with van der Waals surface area (Å²) in [5.41, 5.74) is 2.59. The second kappa shape index (κ2) is 9.33. The summed E-state index contributed by atoms with van der Waals surface area (Å²) in [4.78, 5) is 26.6. The molecule has 0 atom stereocenters. The molecule has 9 nitrogen and oxygen atoms in total. The first-order valence-corrected chi connectivity index (χ1v) is 11.0. The number of H-pyrrole nitrogens is 1. The molecule has 4 rings (SSSR count). The van der Waals surface area contributed by atoms with Gasteiger partial charge in [0, 0.05) is 25.5 Å². The quantitative estimate of drug-likeness (QED) is 0.376. The largest absolute Gasteiger partial charge is 0.358 e. The highest BCUT2D eigenvalue weighted by Gasteiger charge is 2.15. The normalized spacial score (nSPS) is 11.2. The lowest BCUT2D eigenvalue weighted by molar-refractivity contribution is 0.103. The molecule has 3 N–H and O–H groups in total. The Morgan fingerprint density at radius 1 is 1.12 bits per heavy atom. The Kier molecular flexibility index (Phi) is 6.33. The molecule has 0 unspecified atom stereocenters. The van der Waals surface area contributed by atoms with E-state index in [2.05, 4.69) is 40.6 Å². The van der Waals surface area contributed by atoms with Crippen molar-refractivity contribution in [1.29, 1.82) is 0 Å². The van der Waals surface area contributed by atoms with E-state index >= 15 is 0 Å². The Morgan fingerprint density at radius 3 is 2.78 bits per heavy atom. The summed E-state index contributed by atoms with van der Waals surface area (Å²) in [5.74, 6) is 1.34. The van der Waals surface area contributed by atoms with E-state index in [1.54, 1.807) is 12.4 Å². The molecular weight excluding hydrogens is 424 g/mol. The molecule has 1 aromatic carbocycles. The summed E-state index contributed by atoms with van der Waals surface area (Å²) < 4.78 is 0. The number of aromatic nitrogens is 4. The first-order valence-electron chi connectivity index (χ1n) is 10.2. The summed E-state index contributed by atoms with van der Waals surface area (Å²) in [5, 5.41) is 14.7. The minimum absolute atomic E-state index is 0.211. The van der Waals surface area contributed by atoms with Crippen LogP contribution in [0.15, 0.2) is 42.7 Å². The van der Waals surface area contributed by atoms with Crippen LogP contribution in [0.3, 0.4) is 0 Å². The number of benzene rings is 1. The smallest absolute Gasteiger partial charge is 0.267 e. The Morgan fingerprint density at radius 2 is 1.97 bits per heavy atom. The number of hydrogen-bond donors (Lipinski definition) is 3. The summed E-state index contributed by atoms with van der Waals surface area (Å²) in [6.45, 7) is 3.76. The molecule has 1 amide bonds. The number of rotatable bonds is 8. The minimum Gasteiger partial charge on any atom is -0.358 e. The zero-order chi connectivity index (χ0) is 22.7. The van der Waals surface area contributed by atoms with Gasteiger partial charge in [-0.1, -0.05) is 23.5 Å². The lowest BCUT2D eigenvalue weighted by Gasteiger charge is -2.21. The Bertz CT molecular complexity index is 1230. The summed E-state index contributed by atoms with van der Waals surface area (Å²) in [6.07, 6.45) is 3.28. The van der Waals surface area contributed by atoms with Crippen LogP contribution in [-0.2, 0) is 0 Å².